The van der Waals surface area contributed by atoms with Crippen LogP contribution >= 0.6 is 0 Å². The molecule has 0 amide bonds. The molecule has 1 heterocycles. The Bertz CT molecular complexity index is 1440. The minimum Gasteiger partial charge on any atom is -0.658 e. The molecule has 3 nitrogen and oxygen atoms in total. The van der Waals surface area contributed by atoms with E-state index in [2.05, 4.69) is 102 Å². The van der Waals surface area contributed by atoms with E-state index in [4.69, 9.17) is 10.6 Å². The van der Waals surface area contributed by atoms with Crippen molar-refractivity contribution in [2.45, 2.75) is 46.1 Å². The Kier molecular flexibility index (Phi) is 16.2. The molecule has 0 N–H and O–H groups in total. The van der Waals surface area contributed by atoms with Gasteiger partial charge in [-0.15, -0.1) is 48.5 Å². The number of benzene rings is 5. The second-order valence-corrected chi connectivity index (χ2v) is 10.7. The first kappa shape index (κ1) is 36.5. The summed E-state index contributed by atoms with van der Waals surface area (Å²) in [5, 5.41) is 12.2. The molecule has 6 rings (SSSR count). The number of hydrogen-bond acceptors (Lipinski definition) is 0. The molecular weight excluding hydrogens is 614 g/mol. The summed E-state index contributed by atoms with van der Waals surface area (Å²) in [6.45, 7) is 19.6. The molecule has 6 aromatic rings. The summed E-state index contributed by atoms with van der Waals surface area (Å²) in [4.78, 5) is 0. The predicted octanol–water partition coefficient (Wildman–Crippen LogP) is 11.4. The second-order valence-electron chi connectivity index (χ2n) is 10.7. The van der Waals surface area contributed by atoms with Crippen LogP contribution in [0.15, 0.2) is 140 Å². The zero-order valence-electron chi connectivity index (χ0n) is 26.5. The molecule has 5 aromatic carbocycles. The van der Waals surface area contributed by atoms with E-state index in [0.29, 0.717) is 0 Å². The molecule has 0 unspecified atom stereocenters. The Morgan fingerprint density at radius 2 is 0.705 bits per heavy atom. The first-order chi connectivity index (χ1) is 20.8. The summed E-state index contributed by atoms with van der Waals surface area (Å²) in [7, 11) is 0. The second kappa shape index (κ2) is 19.6. The quantitative estimate of drug-likeness (QED) is 0.165. The molecule has 0 aliphatic rings. The first-order valence-corrected chi connectivity index (χ1v) is 14.7. The first-order valence-electron chi connectivity index (χ1n) is 14.7. The molecule has 0 radical (unpaired) electrons. The molecule has 0 aliphatic heterocycles. The largest absolute Gasteiger partial charge is 0.658 e. The van der Waals surface area contributed by atoms with E-state index in [9.17, 15) is 0 Å². The number of aromatic nitrogens is 1. The van der Waals surface area contributed by atoms with Gasteiger partial charge in [0.1, 0.15) is 0 Å². The van der Waals surface area contributed by atoms with E-state index in [1.165, 1.54) is 21.8 Å². The molecular formula is C40H44N3Zr-5. The SMILES string of the molecule is CC(C)[N-]C([N-]C(C)C)n1c2ccccc2c2ccccc21.[CH2-]c1ccccc1.[CH2-]c1ccccc1.[CH2-]c1ccccc1.[Zr]. The maximum Gasteiger partial charge on any atom is 0.0461 e. The average molecular weight is 658 g/mol. The van der Waals surface area contributed by atoms with E-state index in [-0.39, 0.29) is 44.6 Å². The third-order valence-corrected chi connectivity index (χ3v) is 6.24. The number of nitrogens with zero attached hydrogens (tertiary/aromatic N) is 3. The van der Waals surface area contributed by atoms with Crippen LogP contribution in [-0.2, 0) is 26.2 Å². The van der Waals surface area contributed by atoms with Crippen LogP contribution in [0.3, 0.4) is 0 Å². The molecule has 0 bridgehead atoms. The Labute approximate surface area is 284 Å². The maximum absolute atomic E-state index is 4.86. The van der Waals surface area contributed by atoms with Crippen molar-refractivity contribution in [3.8, 4) is 0 Å². The number of hydrogen-bond donors (Lipinski definition) is 0. The van der Waals surface area contributed by atoms with Crippen molar-refractivity contribution in [2.24, 2.45) is 0 Å². The van der Waals surface area contributed by atoms with Gasteiger partial charge in [0.2, 0.25) is 0 Å². The summed E-state index contributed by atoms with van der Waals surface area (Å²) < 4.78 is 2.27. The van der Waals surface area contributed by atoms with Crippen LogP contribution in [-0.4, -0.2) is 16.7 Å². The van der Waals surface area contributed by atoms with Gasteiger partial charge in [0.15, 0.2) is 0 Å². The van der Waals surface area contributed by atoms with Gasteiger partial charge in [0.25, 0.3) is 0 Å². The topological polar surface area (TPSA) is 33.1 Å². The number of para-hydroxylation sites is 2. The Hall–Kier alpha value is -3.69. The van der Waals surface area contributed by atoms with Crippen LogP contribution < -0.4 is 0 Å². The van der Waals surface area contributed by atoms with Crippen LogP contribution in [0.2, 0.25) is 0 Å². The Morgan fingerprint density at radius 3 is 0.955 bits per heavy atom. The number of fused-ring (bicyclic) bond motifs is 3. The summed E-state index contributed by atoms with van der Waals surface area (Å²) in [6, 6.07) is 47.1. The minimum atomic E-state index is -0.176. The van der Waals surface area contributed by atoms with Crippen LogP contribution in [0.5, 0.6) is 0 Å². The summed E-state index contributed by atoms with van der Waals surface area (Å²) >= 11 is 0. The monoisotopic (exact) mass is 656 g/mol. The van der Waals surface area contributed by atoms with Gasteiger partial charge in [0.05, 0.1) is 0 Å². The van der Waals surface area contributed by atoms with Crippen LogP contribution in [0.25, 0.3) is 32.4 Å². The van der Waals surface area contributed by atoms with Crippen molar-refractivity contribution < 1.29 is 26.2 Å². The zero-order valence-corrected chi connectivity index (χ0v) is 28.9. The molecule has 0 saturated carbocycles. The molecule has 44 heavy (non-hydrogen) atoms. The molecule has 228 valence electrons. The fraction of sp³-hybridized carbons (Fsp3) is 0.175. The Morgan fingerprint density at radius 1 is 0.432 bits per heavy atom. The van der Waals surface area contributed by atoms with Gasteiger partial charge in [-0.1, -0.05) is 82.3 Å². The van der Waals surface area contributed by atoms with E-state index < -0.39 is 0 Å². The normalized spacial score (nSPS) is 10.2. The molecule has 1 aromatic heterocycles. The third kappa shape index (κ3) is 12.1. The van der Waals surface area contributed by atoms with Gasteiger partial charge in [-0.25, -0.2) is 0 Å². The zero-order chi connectivity index (χ0) is 31.0. The van der Waals surface area contributed by atoms with Crippen LogP contribution in [0.4, 0.5) is 0 Å². The predicted molar refractivity (Wildman–Crippen MR) is 188 cm³/mol. The van der Waals surface area contributed by atoms with E-state index in [1.807, 2.05) is 91.0 Å². The van der Waals surface area contributed by atoms with Gasteiger partial charge >= 0.3 is 0 Å². The van der Waals surface area contributed by atoms with Crippen molar-refractivity contribution in [1.29, 1.82) is 0 Å². The fourth-order valence-corrected chi connectivity index (χ4v) is 4.34. The minimum absolute atomic E-state index is 0. The van der Waals surface area contributed by atoms with Gasteiger partial charge < -0.3 is 15.2 Å². The van der Waals surface area contributed by atoms with Crippen molar-refractivity contribution >= 4 is 21.8 Å². The van der Waals surface area contributed by atoms with E-state index >= 15 is 0 Å². The van der Waals surface area contributed by atoms with Gasteiger partial charge in [-0.05, 0) is 12.1 Å². The fourth-order valence-electron chi connectivity index (χ4n) is 4.34. The van der Waals surface area contributed by atoms with Crippen molar-refractivity contribution in [3.05, 3.63) is 188 Å². The molecule has 0 spiro atoms. The third-order valence-electron chi connectivity index (χ3n) is 6.24. The van der Waals surface area contributed by atoms with Gasteiger partial charge in [-0.3, -0.25) is 0 Å². The van der Waals surface area contributed by atoms with Crippen molar-refractivity contribution in [1.82, 2.24) is 4.57 Å². The van der Waals surface area contributed by atoms with Gasteiger partial charge in [0, 0.05) is 48.0 Å². The smallest absolute Gasteiger partial charge is 0.0461 e. The van der Waals surface area contributed by atoms with Crippen LogP contribution in [0, 0.1) is 20.8 Å². The van der Waals surface area contributed by atoms with Crippen molar-refractivity contribution in [2.75, 3.05) is 0 Å². The average Bonchev–Trinajstić information content (AvgIpc) is 3.33. The number of rotatable bonds is 5. The van der Waals surface area contributed by atoms with Gasteiger partial charge in [-0.2, -0.15) is 80.1 Å². The molecule has 0 saturated heterocycles. The Balaban J connectivity index is 0.000000249. The summed E-state index contributed by atoms with van der Waals surface area (Å²) in [5.74, 6) is 0. The van der Waals surface area contributed by atoms with E-state index in [1.54, 1.807) is 0 Å². The maximum atomic E-state index is 4.86. The molecule has 4 heteroatoms. The standard InChI is InChI=1S/C19H23N3.3C7H7.Zr/c1-13(2)20-19(21-14(3)4)22-17-11-7-5-9-15(17)16-10-6-8-12-18(16)22;3*1-7-5-3-2-4-6-7;/h5-14,19H,1-4H3;3*2-6H,1H2;/q-2;3*-1;. The molecule has 0 atom stereocenters. The summed E-state index contributed by atoms with van der Waals surface area (Å²) in [6.07, 6.45) is -0.176. The molecule has 0 aliphatic carbocycles. The van der Waals surface area contributed by atoms with Crippen molar-refractivity contribution in [3.63, 3.8) is 0 Å². The van der Waals surface area contributed by atoms with Crippen LogP contribution in [0.1, 0.15) is 50.7 Å². The van der Waals surface area contributed by atoms with E-state index in [0.717, 1.165) is 16.7 Å². The summed E-state index contributed by atoms with van der Waals surface area (Å²) in [5.41, 5.74) is 5.61. The molecule has 0 fully saturated rings.